The molecule has 4 heteroatoms. The third kappa shape index (κ3) is 10.8. The SMILES string of the molecule is CC1=CC(c2ccccc2)=[C-]C1.CC1=CC(c2ccccc2)=[C-]C1.C[Si](C)=[Ti+2].[Cl-].[Cl-]. The fraction of sp³-hybridized carbons (Fsp3) is 0.231. The summed E-state index contributed by atoms with van der Waals surface area (Å²) in [6.45, 7) is 8.82. The molecule has 0 heterocycles. The van der Waals surface area contributed by atoms with Gasteiger partial charge in [-0.3, -0.25) is 0 Å². The normalized spacial score (nSPS) is 13.5. The molecule has 0 saturated carbocycles. The predicted octanol–water partition coefficient (Wildman–Crippen LogP) is 1.24. The summed E-state index contributed by atoms with van der Waals surface area (Å²) >= 11 is 2.27. The van der Waals surface area contributed by atoms with E-state index in [0.717, 1.165) is 12.8 Å². The Bertz CT molecular complexity index is 835. The molecular formula is C26H28Cl2SiTi-2. The first-order valence-corrected chi connectivity index (χ1v) is 14.5. The van der Waals surface area contributed by atoms with E-state index in [0.29, 0.717) is 0 Å². The zero-order valence-electron chi connectivity index (χ0n) is 18.1. The zero-order valence-corrected chi connectivity index (χ0v) is 22.2. The summed E-state index contributed by atoms with van der Waals surface area (Å²) in [7, 11) is 0. The molecule has 0 unspecified atom stereocenters. The van der Waals surface area contributed by atoms with Crippen LogP contribution < -0.4 is 24.8 Å². The fourth-order valence-corrected chi connectivity index (χ4v) is 2.77. The van der Waals surface area contributed by atoms with Gasteiger partial charge in [0.1, 0.15) is 0 Å². The largest absolute Gasteiger partial charge is 1.00 e. The second kappa shape index (κ2) is 15.7. The van der Waals surface area contributed by atoms with Crippen LogP contribution in [0.4, 0.5) is 0 Å². The molecule has 0 aliphatic heterocycles. The molecule has 0 aromatic heterocycles. The molecule has 2 aliphatic rings. The van der Waals surface area contributed by atoms with Gasteiger partial charge < -0.3 is 24.8 Å². The van der Waals surface area contributed by atoms with E-state index in [1.807, 2.05) is 12.1 Å². The van der Waals surface area contributed by atoms with Gasteiger partial charge in [-0.1, -0.05) is 63.1 Å². The van der Waals surface area contributed by atoms with E-state index in [9.17, 15) is 0 Å². The van der Waals surface area contributed by atoms with Crippen molar-refractivity contribution in [3.8, 4) is 0 Å². The van der Waals surface area contributed by atoms with E-state index in [4.69, 9.17) is 0 Å². The van der Waals surface area contributed by atoms with Gasteiger partial charge in [-0.05, 0) is 0 Å². The van der Waals surface area contributed by atoms with Crippen molar-refractivity contribution in [3.05, 3.63) is 107 Å². The van der Waals surface area contributed by atoms with Gasteiger partial charge in [-0.25, -0.2) is 0 Å². The molecule has 2 aromatic carbocycles. The number of hydrogen-bond donors (Lipinski definition) is 0. The Morgan fingerprint density at radius 1 is 0.667 bits per heavy atom. The maximum atomic E-state index is 3.35. The predicted molar refractivity (Wildman–Crippen MR) is 120 cm³/mol. The van der Waals surface area contributed by atoms with Crippen LogP contribution in [0.25, 0.3) is 11.1 Å². The molecule has 2 aliphatic carbocycles. The molecular weight excluding hydrogens is 459 g/mol. The van der Waals surface area contributed by atoms with Crippen molar-refractivity contribution < 1.29 is 44.0 Å². The summed E-state index contributed by atoms with van der Waals surface area (Å²) in [6, 6.07) is 20.8. The summed E-state index contributed by atoms with van der Waals surface area (Å²) in [5.74, 6) is 0. The van der Waals surface area contributed by atoms with E-state index in [2.05, 4.69) is 119 Å². The molecule has 0 fully saturated rings. The number of rotatable bonds is 2. The molecule has 0 atom stereocenters. The van der Waals surface area contributed by atoms with E-state index in [1.54, 1.807) is 0 Å². The Morgan fingerprint density at radius 2 is 0.967 bits per heavy atom. The minimum Gasteiger partial charge on any atom is -1.00 e. The number of allylic oxidation sites excluding steroid dienone is 8. The fourth-order valence-electron chi connectivity index (χ4n) is 2.77. The maximum Gasteiger partial charge on any atom is -1.00 e. The van der Waals surface area contributed by atoms with Crippen LogP contribution in [-0.2, 0) is 19.2 Å². The minimum absolute atomic E-state index is 0. The van der Waals surface area contributed by atoms with Gasteiger partial charge in [0.15, 0.2) is 0 Å². The number of benzene rings is 2. The zero-order chi connectivity index (χ0) is 20.4. The first kappa shape index (κ1) is 28.9. The molecule has 0 saturated heterocycles. The van der Waals surface area contributed by atoms with Crippen LogP contribution in [0.1, 0.15) is 37.8 Å². The number of halogens is 2. The standard InChI is InChI=1S/2C12H11.C2H6Si.2ClH.Ti/c2*1-10-7-8-12(9-10)11-5-3-2-4-6-11;1-3-2;;;/h2*2-6,9H,7H2,1H3;1-2H3;2*1H;/q2*-1;;;;+2/p-2. The molecule has 0 amide bonds. The summed E-state index contributed by atoms with van der Waals surface area (Å²) in [5.41, 5.74) is 7.83. The van der Waals surface area contributed by atoms with E-state index in [-0.39, 0.29) is 31.0 Å². The molecule has 0 radical (unpaired) electrons. The van der Waals surface area contributed by atoms with E-state index in [1.165, 1.54) is 33.4 Å². The van der Waals surface area contributed by atoms with E-state index < -0.39 is 0 Å². The van der Waals surface area contributed by atoms with Crippen molar-refractivity contribution in [2.75, 3.05) is 0 Å². The summed E-state index contributed by atoms with van der Waals surface area (Å²) in [6.07, 6.45) is 13.2. The monoisotopic (exact) mass is 486 g/mol. The van der Waals surface area contributed by atoms with Crippen molar-refractivity contribution >= 4 is 17.3 Å². The summed E-state index contributed by atoms with van der Waals surface area (Å²) in [4.78, 5) is 0. The number of hydrogen-bond acceptors (Lipinski definition) is 0. The summed E-state index contributed by atoms with van der Waals surface area (Å²) in [5, 5.41) is 0. The summed E-state index contributed by atoms with van der Waals surface area (Å²) < 4.78 is 0. The first-order chi connectivity index (χ1) is 13.5. The van der Waals surface area contributed by atoms with E-state index >= 15 is 0 Å². The Hall–Kier alpha value is -1.09. The second-order valence-corrected chi connectivity index (χ2v) is 13.9. The van der Waals surface area contributed by atoms with Crippen molar-refractivity contribution in [1.82, 2.24) is 0 Å². The topological polar surface area (TPSA) is 0 Å². The van der Waals surface area contributed by atoms with Gasteiger partial charge in [-0.2, -0.15) is 35.5 Å². The van der Waals surface area contributed by atoms with Crippen LogP contribution in [0.5, 0.6) is 0 Å². The Kier molecular flexibility index (Phi) is 15.1. The van der Waals surface area contributed by atoms with Crippen LogP contribution in [0.2, 0.25) is 13.1 Å². The van der Waals surface area contributed by atoms with Gasteiger partial charge in [0.05, 0.1) is 0 Å². The van der Waals surface area contributed by atoms with Crippen LogP contribution in [-0.4, -0.2) is 6.19 Å². The maximum absolute atomic E-state index is 3.35. The molecule has 30 heavy (non-hydrogen) atoms. The molecule has 0 N–H and O–H groups in total. The quantitative estimate of drug-likeness (QED) is 0.442. The van der Waals surface area contributed by atoms with Gasteiger partial charge in [0.2, 0.25) is 0 Å². The molecule has 2 aromatic rings. The molecule has 0 spiro atoms. The van der Waals surface area contributed by atoms with Crippen molar-refractivity contribution in [2.45, 2.75) is 39.8 Å². The third-order valence-corrected chi connectivity index (χ3v) is 4.07. The first-order valence-electron chi connectivity index (χ1n) is 9.64. The Balaban J connectivity index is 0.000000452. The Morgan fingerprint density at radius 3 is 1.20 bits per heavy atom. The average Bonchev–Trinajstić information content (AvgIpc) is 3.32. The second-order valence-electron chi connectivity index (χ2n) is 7.25. The van der Waals surface area contributed by atoms with Crippen molar-refractivity contribution in [3.63, 3.8) is 0 Å². The van der Waals surface area contributed by atoms with Crippen LogP contribution in [0.3, 0.4) is 0 Å². The van der Waals surface area contributed by atoms with Gasteiger partial charge in [0.25, 0.3) is 0 Å². The van der Waals surface area contributed by atoms with Gasteiger partial charge >= 0.3 is 38.5 Å². The Labute approximate surface area is 207 Å². The van der Waals surface area contributed by atoms with Crippen molar-refractivity contribution in [2.24, 2.45) is 0 Å². The van der Waals surface area contributed by atoms with Crippen molar-refractivity contribution in [1.29, 1.82) is 0 Å². The smallest absolute Gasteiger partial charge is 1.00 e. The van der Waals surface area contributed by atoms with Crippen LogP contribution >= 0.6 is 0 Å². The molecule has 156 valence electrons. The molecule has 0 nitrogen and oxygen atoms in total. The van der Waals surface area contributed by atoms with Gasteiger partial charge in [-0.15, -0.1) is 46.5 Å². The van der Waals surface area contributed by atoms with Gasteiger partial charge in [0, 0.05) is 0 Å². The van der Waals surface area contributed by atoms with Crippen LogP contribution in [0.15, 0.2) is 84.0 Å². The molecule has 0 bridgehead atoms. The third-order valence-electron chi connectivity index (χ3n) is 4.07. The van der Waals surface area contributed by atoms with Crippen LogP contribution in [0, 0.1) is 12.2 Å². The average molecular weight is 487 g/mol. The molecule has 4 rings (SSSR count). The minimum atomic E-state index is 0.